The smallest absolute Gasteiger partial charge is 0.240 e. The molecule has 0 fully saturated rings. The van der Waals surface area contributed by atoms with Gasteiger partial charge in [0.1, 0.15) is 5.75 Å². The number of aromatic nitrogens is 3. The number of rotatable bonds is 7. The van der Waals surface area contributed by atoms with Crippen LogP contribution in [0.1, 0.15) is 11.1 Å². The number of phenolic OH excluding ortho intramolecular Hbond substituents is 1. The lowest BCUT2D eigenvalue weighted by atomic mass is 10.2. The lowest BCUT2D eigenvalue weighted by Crippen LogP contribution is -2.14. The van der Waals surface area contributed by atoms with Crippen molar-refractivity contribution >= 4 is 35.5 Å². The second-order valence-corrected chi connectivity index (χ2v) is 6.54. The number of aryl methyl sites for hydroxylation is 1. The number of carbonyl (C=O) groups excluding carboxylic acids is 1. The Labute approximate surface area is 160 Å². The SMILES string of the molecule is Cc1ccc(NC(=O)CSc2n[nH]c(N/N=C/c3ccccc3O)n2)cc1. The van der Waals surface area contributed by atoms with Gasteiger partial charge < -0.3 is 10.4 Å². The van der Waals surface area contributed by atoms with Crippen LogP contribution in [0.4, 0.5) is 11.6 Å². The van der Waals surface area contributed by atoms with Gasteiger partial charge in [-0.25, -0.2) is 10.5 Å². The van der Waals surface area contributed by atoms with E-state index in [1.165, 1.54) is 18.0 Å². The first-order valence-corrected chi connectivity index (χ1v) is 9.07. The molecular formula is C18H18N6O2S. The number of nitrogens with zero attached hydrogens (tertiary/aromatic N) is 3. The van der Waals surface area contributed by atoms with E-state index in [4.69, 9.17) is 0 Å². The van der Waals surface area contributed by atoms with Gasteiger partial charge in [-0.05, 0) is 31.2 Å². The zero-order valence-electron chi connectivity index (χ0n) is 14.5. The third kappa shape index (κ3) is 5.58. The summed E-state index contributed by atoms with van der Waals surface area (Å²) in [4.78, 5) is 16.2. The number of aromatic amines is 1. The van der Waals surface area contributed by atoms with E-state index in [1.807, 2.05) is 31.2 Å². The monoisotopic (exact) mass is 382 g/mol. The molecule has 0 bridgehead atoms. The largest absolute Gasteiger partial charge is 0.507 e. The number of phenols is 1. The second kappa shape index (κ2) is 8.86. The fraction of sp³-hybridized carbons (Fsp3) is 0.111. The molecule has 27 heavy (non-hydrogen) atoms. The number of nitrogens with one attached hydrogen (secondary N) is 3. The fourth-order valence-corrected chi connectivity index (χ4v) is 2.68. The Balaban J connectivity index is 1.47. The van der Waals surface area contributed by atoms with E-state index < -0.39 is 0 Å². The molecule has 3 rings (SSSR count). The molecule has 4 N–H and O–H groups in total. The molecule has 9 heteroatoms. The number of thioether (sulfide) groups is 1. The minimum Gasteiger partial charge on any atom is -0.507 e. The zero-order chi connectivity index (χ0) is 19.1. The average Bonchev–Trinajstić information content (AvgIpc) is 3.11. The molecule has 0 saturated carbocycles. The molecule has 0 aliphatic rings. The van der Waals surface area contributed by atoms with E-state index in [2.05, 4.69) is 31.0 Å². The summed E-state index contributed by atoms with van der Waals surface area (Å²) < 4.78 is 0. The maximum atomic E-state index is 12.0. The van der Waals surface area contributed by atoms with E-state index in [1.54, 1.807) is 24.3 Å². The summed E-state index contributed by atoms with van der Waals surface area (Å²) in [6, 6.07) is 14.4. The molecule has 0 unspecified atom stereocenters. The van der Waals surface area contributed by atoms with Crippen molar-refractivity contribution in [2.24, 2.45) is 5.10 Å². The van der Waals surface area contributed by atoms with Crippen molar-refractivity contribution in [2.45, 2.75) is 12.1 Å². The van der Waals surface area contributed by atoms with Crippen LogP contribution < -0.4 is 10.7 Å². The van der Waals surface area contributed by atoms with E-state index in [9.17, 15) is 9.90 Å². The van der Waals surface area contributed by atoms with Crippen molar-refractivity contribution < 1.29 is 9.90 Å². The van der Waals surface area contributed by atoms with Gasteiger partial charge in [-0.15, -0.1) is 5.10 Å². The van der Waals surface area contributed by atoms with Crippen LogP contribution in [-0.2, 0) is 4.79 Å². The summed E-state index contributed by atoms with van der Waals surface area (Å²) in [7, 11) is 0. The average molecular weight is 382 g/mol. The lowest BCUT2D eigenvalue weighted by Gasteiger charge is -2.04. The topological polar surface area (TPSA) is 115 Å². The van der Waals surface area contributed by atoms with Crippen LogP contribution in [0.5, 0.6) is 5.75 Å². The highest BCUT2D eigenvalue weighted by molar-refractivity contribution is 7.99. The van der Waals surface area contributed by atoms with Gasteiger partial charge in [0.2, 0.25) is 17.0 Å². The standard InChI is InChI=1S/C18H18N6O2S/c1-12-6-8-14(9-7-12)20-16(26)11-27-18-21-17(23-24-18)22-19-10-13-4-2-3-5-15(13)25/h2-10,25H,11H2,1H3,(H,20,26)(H2,21,22,23,24)/b19-10+. The van der Waals surface area contributed by atoms with E-state index in [-0.39, 0.29) is 17.4 Å². The molecule has 0 aliphatic heterocycles. The van der Waals surface area contributed by atoms with Crippen LogP contribution in [0.25, 0.3) is 0 Å². The Bertz CT molecular complexity index is 939. The number of hydrogen-bond donors (Lipinski definition) is 4. The van der Waals surface area contributed by atoms with Gasteiger partial charge in [0.15, 0.2) is 0 Å². The van der Waals surface area contributed by atoms with E-state index >= 15 is 0 Å². The van der Waals surface area contributed by atoms with Gasteiger partial charge in [-0.2, -0.15) is 10.1 Å². The molecule has 1 heterocycles. The van der Waals surface area contributed by atoms with Crippen molar-refractivity contribution in [3.05, 3.63) is 59.7 Å². The van der Waals surface area contributed by atoms with Crippen molar-refractivity contribution in [2.75, 3.05) is 16.5 Å². The van der Waals surface area contributed by atoms with Gasteiger partial charge in [0, 0.05) is 11.3 Å². The first-order chi connectivity index (χ1) is 13.1. The second-order valence-electron chi connectivity index (χ2n) is 5.60. The number of hydrazone groups is 1. The summed E-state index contributed by atoms with van der Waals surface area (Å²) in [6.45, 7) is 1.99. The van der Waals surface area contributed by atoms with Crippen LogP contribution in [-0.4, -0.2) is 38.2 Å². The number of benzene rings is 2. The number of hydrogen-bond acceptors (Lipinski definition) is 7. The minimum atomic E-state index is -0.138. The highest BCUT2D eigenvalue weighted by Crippen LogP contribution is 2.16. The third-order valence-corrected chi connectivity index (χ3v) is 4.29. The Kier molecular flexibility index (Phi) is 6.06. The molecule has 138 valence electrons. The van der Waals surface area contributed by atoms with Gasteiger partial charge in [0.25, 0.3) is 0 Å². The summed E-state index contributed by atoms with van der Waals surface area (Å²) in [5, 5.41) is 23.6. The molecule has 1 amide bonds. The Morgan fingerprint density at radius 2 is 2.04 bits per heavy atom. The molecule has 8 nitrogen and oxygen atoms in total. The van der Waals surface area contributed by atoms with Crippen molar-refractivity contribution in [3.63, 3.8) is 0 Å². The van der Waals surface area contributed by atoms with Crippen molar-refractivity contribution in [1.82, 2.24) is 15.2 Å². The molecule has 0 radical (unpaired) electrons. The van der Waals surface area contributed by atoms with Crippen molar-refractivity contribution in [3.8, 4) is 5.75 Å². The normalized spacial score (nSPS) is 10.9. The Morgan fingerprint density at radius 1 is 1.26 bits per heavy atom. The maximum absolute atomic E-state index is 12.0. The number of amides is 1. The highest BCUT2D eigenvalue weighted by Gasteiger charge is 2.08. The van der Waals surface area contributed by atoms with Gasteiger partial charge >= 0.3 is 0 Å². The van der Waals surface area contributed by atoms with Crippen molar-refractivity contribution in [1.29, 1.82) is 0 Å². The highest BCUT2D eigenvalue weighted by atomic mass is 32.2. The lowest BCUT2D eigenvalue weighted by molar-refractivity contribution is -0.113. The molecule has 0 saturated heterocycles. The summed E-state index contributed by atoms with van der Waals surface area (Å²) >= 11 is 1.21. The predicted octanol–water partition coefficient (Wildman–Crippen LogP) is 3.00. The zero-order valence-corrected chi connectivity index (χ0v) is 15.3. The summed E-state index contributed by atoms with van der Waals surface area (Å²) in [5.41, 5.74) is 5.15. The van der Waals surface area contributed by atoms with Gasteiger partial charge in [-0.1, -0.05) is 41.6 Å². The number of anilines is 2. The van der Waals surface area contributed by atoms with Gasteiger partial charge in [-0.3, -0.25) is 4.79 Å². The maximum Gasteiger partial charge on any atom is 0.240 e. The van der Waals surface area contributed by atoms with Crippen LogP contribution >= 0.6 is 11.8 Å². The van der Waals surface area contributed by atoms with E-state index in [0.29, 0.717) is 16.7 Å². The molecule has 0 atom stereocenters. The number of H-pyrrole nitrogens is 1. The Morgan fingerprint density at radius 3 is 2.81 bits per heavy atom. The predicted molar refractivity (Wildman–Crippen MR) is 106 cm³/mol. The summed E-state index contributed by atoms with van der Waals surface area (Å²) in [5.74, 6) is 0.520. The molecule has 0 aliphatic carbocycles. The minimum absolute atomic E-state index is 0.136. The molecular weight excluding hydrogens is 364 g/mol. The van der Waals surface area contributed by atoms with E-state index in [0.717, 1.165) is 11.3 Å². The Hall–Kier alpha value is -3.33. The number of carbonyl (C=O) groups is 1. The van der Waals surface area contributed by atoms with Crippen LogP contribution in [0, 0.1) is 6.92 Å². The quantitative estimate of drug-likeness (QED) is 0.284. The molecule has 0 spiro atoms. The molecule has 3 aromatic rings. The first-order valence-electron chi connectivity index (χ1n) is 8.09. The molecule has 2 aromatic carbocycles. The van der Waals surface area contributed by atoms with Crippen LogP contribution in [0.15, 0.2) is 58.8 Å². The molecule has 1 aromatic heterocycles. The first kappa shape index (κ1) is 18.5. The number of para-hydroxylation sites is 1. The number of aromatic hydroxyl groups is 1. The third-order valence-electron chi connectivity index (χ3n) is 3.44. The summed E-state index contributed by atoms with van der Waals surface area (Å²) in [6.07, 6.45) is 1.47. The van der Waals surface area contributed by atoms with Crippen LogP contribution in [0.3, 0.4) is 0 Å². The van der Waals surface area contributed by atoms with Crippen LogP contribution in [0.2, 0.25) is 0 Å². The fourth-order valence-electron chi connectivity index (χ4n) is 2.08. The van der Waals surface area contributed by atoms with Gasteiger partial charge in [0.05, 0.1) is 12.0 Å².